The zero-order valence-electron chi connectivity index (χ0n) is 20.8. The molecule has 0 saturated carbocycles. The number of rotatable bonds is 13. The molecule has 2 N–H and O–H groups in total. The molecular formula is C26H23F5N4O5. The third kappa shape index (κ3) is 7.48. The number of fused-ring (bicyclic) bond motifs is 3. The summed E-state index contributed by atoms with van der Waals surface area (Å²) < 4.78 is 78.9. The highest BCUT2D eigenvalue weighted by Gasteiger charge is 2.34. The maximum atomic E-state index is 13.8. The number of nitrogens with zero attached hydrogens (tertiary/aromatic N) is 3. The van der Waals surface area contributed by atoms with E-state index < -0.39 is 29.7 Å². The summed E-state index contributed by atoms with van der Waals surface area (Å²) >= 11 is 0. The van der Waals surface area contributed by atoms with E-state index in [0.29, 0.717) is 36.8 Å². The Morgan fingerprint density at radius 1 is 0.950 bits per heavy atom. The first-order chi connectivity index (χ1) is 19.1. The van der Waals surface area contributed by atoms with Crippen molar-refractivity contribution in [2.24, 2.45) is 0 Å². The van der Waals surface area contributed by atoms with Gasteiger partial charge in [0.05, 0.1) is 6.61 Å². The first-order valence-electron chi connectivity index (χ1n) is 12.0. The molecule has 1 aromatic carbocycles. The molecule has 0 atom stereocenters. The van der Waals surface area contributed by atoms with E-state index in [4.69, 9.17) is 9.47 Å². The van der Waals surface area contributed by atoms with Crippen molar-refractivity contribution in [1.82, 2.24) is 20.3 Å². The Balaban J connectivity index is 1.18. The molecule has 0 aliphatic carbocycles. The van der Waals surface area contributed by atoms with E-state index in [1.165, 1.54) is 6.07 Å². The van der Waals surface area contributed by atoms with E-state index in [0.717, 1.165) is 17.5 Å². The lowest BCUT2D eigenvalue weighted by atomic mass is 10.1. The van der Waals surface area contributed by atoms with E-state index in [-0.39, 0.29) is 42.5 Å². The molecule has 0 fully saturated rings. The van der Waals surface area contributed by atoms with Gasteiger partial charge in [-0.1, -0.05) is 0 Å². The van der Waals surface area contributed by atoms with Gasteiger partial charge >= 0.3 is 12.3 Å². The van der Waals surface area contributed by atoms with Gasteiger partial charge in [-0.2, -0.15) is 4.98 Å². The van der Waals surface area contributed by atoms with Crippen LogP contribution in [0.1, 0.15) is 28.9 Å². The number of carbonyl (C=O) groups is 1. The number of pyridine rings is 3. The number of aromatic nitrogens is 3. The van der Waals surface area contributed by atoms with Crippen molar-refractivity contribution in [2.75, 3.05) is 26.4 Å². The van der Waals surface area contributed by atoms with Crippen LogP contribution in [0.3, 0.4) is 0 Å². The summed E-state index contributed by atoms with van der Waals surface area (Å²) in [5.41, 5.74) is 0.220. The minimum absolute atomic E-state index is 0.0554. The molecule has 3 heterocycles. The predicted octanol–water partition coefficient (Wildman–Crippen LogP) is 5.02. The number of aromatic carboxylic acids is 1. The fraction of sp³-hybridized carbons (Fsp3) is 0.308. The fourth-order valence-electron chi connectivity index (χ4n) is 3.84. The molecule has 0 spiro atoms. The molecule has 212 valence electrons. The molecule has 0 aliphatic rings. The molecule has 0 radical (unpaired) electrons. The largest absolute Gasteiger partial charge is 0.573 e. The molecule has 4 aromatic rings. The molecule has 9 nitrogen and oxygen atoms in total. The summed E-state index contributed by atoms with van der Waals surface area (Å²) in [6.45, 7) is 1.39. The van der Waals surface area contributed by atoms with Gasteiger partial charge in [0.15, 0.2) is 23.0 Å². The highest BCUT2D eigenvalue weighted by molar-refractivity contribution is 6.06. The number of hydrogen-bond donors (Lipinski definition) is 2. The van der Waals surface area contributed by atoms with Crippen LogP contribution in [0.5, 0.6) is 11.6 Å². The Kier molecular flexibility index (Phi) is 9.22. The summed E-state index contributed by atoms with van der Waals surface area (Å²) in [6, 6.07) is 6.33. The van der Waals surface area contributed by atoms with Crippen LogP contribution >= 0.6 is 0 Å². The van der Waals surface area contributed by atoms with Crippen LogP contribution in [-0.2, 0) is 11.3 Å². The highest BCUT2D eigenvalue weighted by atomic mass is 19.4. The SMILES string of the molecule is O=C(O)c1ccc2c(n1)nc(OCCOCCCCNCc1cc(F)c(OC(F)(F)F)c(F)c1)c1ccncc12. The zero-order chi connectivity index (χ0) is 28.7. The summed E-state index contributed by atoms with van der Waals surface area (Å²) in [4.78, 5) is 23.9. The molecule has 4 rings (SSSR count). The molecule has 14 heteroatoms. The van der Waals surface area contributed by atoms with Crippen molar-refractivity contribution in [1.29, 1.82) is 0 Å². The lowest BCUT2D eigenvalue weighted by molar-refractivity contribution is -0.276. The lowest BCUT2D eigenvalue weighted by Gasteiger charge is -2.12. The number of carboxylic acids is 1. The first kappa shape index (κ1) is 28.8. The lowest BCUT2D eigenvalue weighted by Crippen LogP contribution is -2.20. The minimum atomic E-state index is -5.19. The van der Waals surface area contributed by atoms with Gasteiger partial charge in [-0.3, -0.25) is 4.98 Å². The van der Waals surface area contributed by atoms with Gasteiger partial charge in [0.25, 0.3) is 0 Å². The van der Waals surface area contributed by atoms with Gasteiger partial charge in [-0.05, 0) is 55.3 Å². The second-order valence-corrected chi connectivity index (χ2v) is 8.49. The highest BCUT2D eigenvalue weighted by Crippen LogP contribution is 2.30. The van der Waals surface area contributed by atoms with Gasteiger partial charge in [-0.15, -0.1) is 13.2 Å². The molecule has 0 bridgehead atoms. The molecule has 0 aliphatic heterocycles. The second-order valence-electron chi connectivity index (χ2n) is 8.49. The first-order valence-corrected chi connectivity index (χ1v) is 12.0. The van der Waals surface area contributed by atoms with Gasteiger partial charge in [0.2, 0.25) is 11.6 Å². The Morgan fingerprint density at radius 3 is 2.45 bits per heavy atom. The van der Waals surface area contributed by atoms with Gasteiger partial charge in [0, 0.05) is 41.7 Å². The van der Waals surface area contributed by atoms with Gasteiger partial charge < -0.3 is 24.6 Å². The summed E-state index contributed by atoms with van der Waals surface area (Å²) in [6.07, 6.45) is -0.637. The number of nitrogens with one attached hydrogen (secondary N) is 1. The number of unbranched alkanes of at least 4 members (excludes halogenated alkanes) is 1. The van der Waals surface area contributed by atoms with Crippen molar-refractivity contribution in [2.45, 2.75) is 25.7 Å². The maximum Gasteiger partial charge on any atom is 0.573 e. The van der Waals surface area contributed by atoms with Crippen molar-refractivity contribution >= 4 is 27.8 Å². The van der Waals surface area contributed by atoms with E-state index in [1.54, 1.807) is 24.5 Å². The normalized spacial score (nSPS) is 11.7. The average Bonchev–Trinajstić information content (AvgIpc) is 2.91. The average molecular weight is 566 g/mol. The minimum Gasteiger partial charge on any atom is -0.477 e. The number of carboxylic acid groups (broad SMARTS) is 1. The van der Waals surface area contributed by atoms with Crippen LogP contribution in [0, 0.1) is 11.6 Å². The van der Waals surface area contributed by atoms with Crippen molar-refractivity contribution in [3.8, 4) is 11.6 Å². The third-order valence-electron chi connectivity index (χ3n) is 5.61. The summed E-state index contributed by atoms with van der Waals surface area (Å²) in [7, 11) is 0. The predicted molar refractivity (Wildman–Crippen MR) is 132 cm³/mol. The molecule has 0 amide bonds. The molecule has 0 unspecified atom stereocenters. The third-order valence-corrected chi connectivity index (χ3v) is 5.61. The van der Waals surface area contributed by atoms with Crippen LogP contribution in [0.25, 0.3) is 21.8 Å². The Labute approximate surface area is 223 Å². The zero-order valence-corrected chi connectivity index (χ0v) is 20.8. The maximum absolute atomic E-state index is 13.8. The fourth-order valence-corrected chi connectivity index (χ4v) is 3.84. The number of halogens is 5. The van der Waals surface area contributed by atoms with E-state index in [2.05, 4.69) is 25.0 Å². The molecule has 0 saturated heterocycles. The van der Waals surface area contributed by atoms with E-state index in [9.17, 15) is 31.9 Å². The van der Waals surface area contributed by atoms with Crippen LogP contribution in [0.4, 0.5) is 22.0 Å². The number of ether oxygens (including phenoxy) is 3. The van der Waals surface area contributed by atoms with Crippen LogP contribution < -0.4 is 14.8 Å². The van der Waals surface area contributed by atoms with Crippen molar-refractivity contribution in [3.63, 3.8) is 0 Å². The smallest absolute Gasteiger partial charge is 0.477 e. The second kappa shape index (κ2) is 12.8. The monoisotopic (exact) mass is 566 g/mol. The quantitative estimate of drug-likeness (QED) is 0.131. The number of alkyl halides is 3. The van der Waals surface area contributed by atoms with Gasteiger partial charge in [0.1, 0.15) is 6.61 Å². The van der Waals surface area contributed by atoms with E-state index in [1.807, 2.05) is 0 Å². The molecule has 40 heavy (non-hydrogen) atoms. The Bertz CT molecular complexity index is 1480. The van der Waals surface area contributed by atoms with Crippen molar-refractivity contribution in [3.05, 3.63) is 65.6 Å². The number of benzene rings is 1. The summed E-state index contributed by atoms with van der Waals surface area (Å²) in [5, 5.41) is 14.2. The summed E-state index contributed by atoms with van der Waals surface area (Å²) in [5.74, 6) is -5.25. The van der Waals surface area contributed by atoms with E-state index >= 15 is 0 Å². The van der Waals surface area contributed by atoms with Crippen LogP contribution in [0.2, 0.25) is 0 Å². The molecule has 3 aromatic heterocycles. The van der Waals surface area contributed by atoms with Crippen LogP contribution in [0.15, 0.2) is 42.7 Å². The standard InChI is InChI=1S/C26H23F5N4O5/c27-19-11-15(12-20(28)22(19)40-26(29,30)31)13-32-6-1-2-8-38-9-10-39-24-17-5-7-33-14-18(17)16-3-4-21(25(36)37)34-23(16)35-24/h3-5,7,11-12,14,32H,1-2,6,8-10,13H2,(H,36,37). The van der Waals surface area contributed by atoms with Crippen molar-refractivity contribution < 1.29 is 46.1 Å². The Hall–Kier alpha value is -4.17. The number of hydrogen-bond acceptors (Lipinski definition) is 8. The Morgan fingerprint density at radius 2 is 1.73 bits per heavy atom. The molecular weight excluding hydrogens is 543 g/mol. The van der Waals surface area contributed by atoms with Crippen LogP contribution in [-0.4, -0.2) is 58.8 Å². The van der Waals surface area contributed by atoms with Gasteiger partial charge in [-0.25, -0.2) is 18.6 Å². The topological polar surface area (TPSA) is 116 Å².